The molecule has 0 aromatic heterocycles. The normalized spacial score (nSPS) is 22.7. The van der Waals surface area contributed by atoms with Gasteiger partial charge in [0.25, 0.3) is 0 Å². The van der Waals surface area contributed by atoms with Crippen molar-refractivity contribution in [3.63, 3.8) is 0 Å². The average Bonchev–Trinajstić information content (AvgIpc) is 2.72. The first-order valence-electron chi connectivity index (χ1n) is 5.74. The summed E-state index contributed by atoms with van der Waals surface area (Å²) < 4.78 is 11.0. The molecule has 1 aromatic rings. The number of ether oxygens (including phenoxy) is 2. The lowest BCUT2D eigenvalue weighted by Gasteiger charge is -2.08. The van der Waals surface area contributed by atoms with Crippen LogP contribution >= 0.6 is 15.9 Å². The molecular weight excluding hydrogens is 300 g/mol. The molecule has 2 rings (SSSR count). The Kier molecular flexibility index (Phi) is 4.01. The van der Waals surface area contributed by atoms with Gasteiger partial charge in [0.05, 0.1) is 6.61 Å². The molecule has 0 aliphatic carbocycles. The standard InChI is InChI=1S/C13H13BrO4/c1-2-17-12(15)10-7-11(18-13(10)16)8-3-5-9(14)6-4-8/h3-6,10-11H,2,7H2,1H3. The second kappa shape index (κ2) is 5.52. The number of esters is 2. The Morgan fingerprint density at radius 2 is 2.11 bits per heavy atom. The molecule has 0 amide bonds. The number of carbonyl (C=O) groups is 2. The Morgan fingerprint density at radius 1 is 1.44 bits per heavy atom. The molecule has 0 bridgehead atoms. The van der Waals surface area contributed by atoms with Gasteiger partial charge in [-0.05, 0) is 24.6 Å². The van der Waals surface area contributed by atoms with Crippen LogP contribution in [0.4, 0.5) is 0 Å². The van der Waals surface area contributed by atoms with E-state index in [1.54, 1.807) is 6.92 Å². The highest BCUT2D eigenvalue weighted by atomic mass is 79.9. The molecule has 18 heavy (non-hydrogen) atoms. The first kappa shape index (κ1) is 13.1. The van der Waals surface area contributed by atoms with Crippen LogP contribution in [0.5, 0.6) is 0 Å². The zero-order valence-corrected chi connectivity index (χ0v) is 11.5. The van der Waals surface area contributed by atoms with Crippen LogP contribution in [0.3, 0.4) is 0 Å². The lowest BCUT2D eigenvalue weighted by molar-refractivity contribution is -0.156. The van der Waals surface area contributed by atoms with E-state index in [-0.39, 0.29) is 12.7 Å². The molecule has 2 unspecified atom stereocenters. The Balaban J connectivity index is 2.08. The van der Waals surface area contributed by atoms with Gasteiger partial charge in [-0.2, -0.15) is 0 Å². The number of rotatable bonds is 3. The Morgan fingerprint density at radius 3 is 2.72 bits per heavy atom. The first-order chi connectivity index (χ1) is 8.61. The van der Waals surface area contributed by atoms with E-state index in [2.05, 4.69) is 15.9 Å². The summed E-state index contributed by atoms with van der Waals surface area (Å²) in [5.41, 5.74) is 0.887. The summed E-state index contributed by atoms with van der Waals surface area (Å²) in [7, 11) is 0. The molecule has 0 N–H and O–H groups in total. The fourth-order valence-corrected chi connectivity index (χ4v) is 2.16. The molecule has 1 saturated heterocycles. The molecule has 5 heteroatoms. The van der Waals surface area contributed by atoms with Crippen LogP contribution in [0, 0.1) is 5.92 Å². The van der Waals surface area contributed by atoms with Crippen LogP contribution in [0.2, 0.25) is 0 Å². The fourth-order valence-electron chi connectivity index (χ4n) is 1.90. The number of hydrogen-bond acceptors (Lipinski definition) is 4. The first-order valence-corrected chi connectivity index (χ1v) is 6.53. The van der Waals surface area contributed by atoms with Crippen molar-refractivity contribution in [3.05, 3.63) is 34.3 Å². The van der Waals surface area contributed by atoms with Gasteiger partial charge < -0.3 is 9.47 Å². The topological polar surface area (TPSA) is 52.6 Å². The maximum atomic E-state index is 11.6. The Bertz CT molecular complexity index is 455. The number of carbonyl (C=O) groups excluding carboxylic acids is 2. The van der Waals surface area contributed by atoms with Gasteiger partial charge in [0.1, 0.15) is 6.10 Å². The van der Waals surface area contributed by atoms with Crippen LogP contribution < -0.4 is 0 Å². The Hall–Kier alpha value is -1.36. The molecule has 1 aliphatic rings. The minimum atomic E-state index is -0.793. The van der Waals surface area contributed by atoms with E-state index in [0.29, 0.717) is 6.42 Å². The Labute approximate surface area is 113 Å². The van der Waals surface area contributed by atoms with Gasteiger partial charge in [-0.3, -0.25) is 9.59 Å². The lowest BCUT2D eigenvalue weighted by Crippen LogP contribution is -2.21. The van der Waals surface area contributed by atoms with Crippen LogP contribution in [-0.4, -0.2) is 18.5 Å². The third-order valence-corrected chi connectivity index (χ3v) is 3.33. The maximum absolute atomic E-state index is 11.6. The number of halogens is 1. The molecule has 1 heterocycles. The van der Waals surface area contributed by atoms with Gasteiger partial charge >= 0.3 is 11.9 Å². The smallest absolute Gasteiger partial charge is 0.321 e. The summed E-state index contributed by atoms with van der Waals surface area (Å²) >= 11 is 3.34. The minimum Gasteiger partial charge on any atom is -0.465 e. The monoisotopic (exact) mass is 312 g/mol. The van der Waals surface area contributed by atoms with Crippen molar-refractivity contribution in [1.82, 2.24) is 0 Å². The van der Waals surface area contributed by atoms with E-state index in [1.807, 2.05) is 24.3 Å². The van der Waals surface area contributed by atoms with Gasteiger partial charge in [-0.15, -0.1) is 0 Å². The van der Waals surface area contributed by atoms with Gasteiger partial charge in [-0.1, -0.05) is 28.1 Å². The summed E-state index contributed by atoms with van der Waals surface area (Å²) in [5.74, 6) is -1.79. The van der Waals surface area contributed by atoms with Crippen molar-refractivity contribution in [2.75, 3.05) is 6.61 Å². The van der Waals surface area contributed by atoms with E-state index in [1.165, 1.54) is 0 Å². The largest absolute Gasteiger partial charge is 0.465 e. The SMILES string of the molecule is CCOC(=O)C1CC(c2ccc(Br)cc2)OC1=O. The van der Waals surface area contributed by atoms with Crippen molar-refractivity contribution in [3.8, 4) is 0 Å². The molecule has 1 fully saturated rings. The molecular formula is C13H13BrO4. The second-order valence-electron chi connectivity index (χ2n) is 4.02. The molecule has 96 valence electrons. The predicted molar refractivity (Wildman–Crippen MR) is 67.7 cm³/mol. The lowest BCUT2D eigenvalue weighted by atomic mass is 10.0. The zero-order valence-electron chi connectivity index (χ0n) is 9.89. The highest BCUT2D eigenvalue weighted by Crippen LogP contribution is 2.34. The fraction of sp³-hybridized carbons (Fsp3) is 0.385. The maximum Gasteiger partial charge on any atom is 0.321 e. The van der Waals surface area contributed by atoms with Gasteiger partial charge in [0.15, 0.2) is 5.92 Å². The zero-order chi connectivity index (χ0) is 13.1. The van der Waals surface area contributed by atoms with E-state index in [0.717, 1.165) is 10.0 Å². The minimum absolute atomic E-state index is 0.269. The van der Waals surface area contributed by atoms with Crippen molar-refractivity contribution >= 4 is 27.9 Å². The number of hydrogen-bond donors (Lipinski definition) is 0. The molecule has 1 aliphatic heterocycles. The van der Waals surface area contributed by atoms with Crippen molar-refractivity contribution in [1.29, 1.82) is 0 Å². The highest BCUT2D eigenvalue weighted by molar-refractivity contribution is 9.10. The predicted octanol–water partition coefficient (Wildman–Crippen LogP) is 2.62. The van der Waals surface area contributed by atoms with Crippen LogP contribution in [0.1, 0.15) is 25.0 Å². The third kappa shape index (κ3) is 2.72. The molecule has 0 saturated carbocycles. The number of cyclic esters (lactones) is 1. The molecule has 1 aromatic carbocycles. The summed E-state index contributed by atoms with van der Waals surface area (Å²) in [4.78, 5) is 23.2. The third-order valence-electron chi connectivity index (χ3n) is 2.81. The van der Waals surface area contributed by atoms with Crippen LogP contribution in [0.25, 0.3) is 0 Å². The second-order valence-corrected chi connectivity index (χ2v) is 4.93. The summed E-state index contributed by atoms with van der Waals surface area (Å²) in [5, 5.41) is 0. The molecule has 0 radical (unpaired) electrons. The highest BCUT2D eigenvalue weighted by Gasteiger charge is 2.41. The van der Waals surface area contributed by atoms with Crippen LogP contribution in [-0.2, 0) is 19.1 Å². The van der Waals surface area contributed by atoms with E-state index >= 15 is 0 Å². The van der Waals surface area contributed by atoms with E-state index in [4.69, 9.17) is 9.47 Å². The number of benzene rings is 1. The van der Waals surface area contributed by atoms with Gasteiger partial charge in [-0.25, -0.2) is 0 Å². The van der Waals surface area contributed by atoms with Crippen molar-refractivity contribution < 1.29 is 19.1 Å². The van der Waals surface area contributed by atoms with Crippen molar-refractivity contribution in [2.24, 2.45) is 5.92 Å². The summed E-state index contributed by atoms with van der Waals surface area (Å²) in [6.07, 6.45) is -0.0146. The summed E-state index contributed by atoms with van der Waals surface area (Å²) in [6.45, 7) is 1.98. The average molecular weight is 313 g/mol. The summed E-state index contributed by atoms with van der Waals surface area (Å²) in [6, 6.07) is 7.49. The quantitative estimate of drug-likeness (QED) is 0.636. The molecule has 0 spiro atoms. The van der Waals surface area contributed by atoms with Gasteiger partial charge in [0.2, 0.25) is 0 Å². The van der Waals surface area contributed by atoms with Gasteiger partial charge in [0, 0.05) is 10.9 Å². The van der Waals surface area contributed by atoms with Crippen LogP contribution in [0.15, 0.2) is 28.7 Å². The van der Waals surface area contributed by atoms with E-state index < -0.39 is 17.9 Å². The molecule has 4 nitrogen and oxygen atoms in total. The molecule has 2 atom stereocenters. The van der Waals surface area contributed by atoms with E-state index in [9.17, 15) is 9.59 Å². The van der Waals surface area contributed by atoms with Crippen molar-refractivity contribution in [2.45, 2.75) is 19.4 Å².